The zero-order valence-corrected chi connectivity index (χ0v) is 12.4. The number of rotatable bonds is 5. The molecule has 4 heteroatoms. The maximum Gasteiger partial charge on any atom is 0.137 e. The van der Waals surface area contributed by atoms with Crippen LogP contribution in [-0.4, -0.2) is 13.2 Å². The van der Waals surface area contributed by atoms with Gasteiger partial charge in [0.25, 0.3) is 0 Å². The second-order valence-corrected chi connectivity index (χ2v) is 5.16. The van der Waals surface area contributed by atoms with E-state index in [0.717, 1.165) is 5.56 Å². The van der Waals surface area contributed by atoms with Crippen molar-refractivity contribution in [2.45, 2.75) is 26.4 Å². The van der Waals surface area contributed by atoms with E-state index in [0.29, 0.717) is 18.2 Å². The SMILES string of the molecule is COc1cc(F)c(-c2ccccc2CNC(C)C)c(F)c1. The maximum atomic E-state index is 14.2. The van der Waals surface area contributed by atoms with Gasteiger partial charge >= 0.3 is 0 Å². The van der Waals surface area contributed by atoms with Crippen molar-refractivity contribution in [1.29, 1.82) is 0 Å². The highest BCUT2D eigenvalue weighted by Crippen LogP contribution is 2.32. The molecule has 2 aromatic rings. The van der Waals surface area contributed by atoms with Crippen LogP contribution in [0, 0.1) is 11.6 Å². The van der Waals surface area contributed by atoms with Crippen LogP contribution < -0.4 is 10.1 Å². The highest BCUT2D eigenvalue weighted by molar-refractivity contribution is 5.69. The third-order valence-corrected chi connectivity index (χ3v) is 3.24. The molecule has 0 saturated heterocycles. The maximum absolute atomic E-state index is 14.2. The Morgan fingerprint density at radius 1 is 1.10 bits per heavy atom. The molecule has 0 aliphatic rings. The van der Waals surface area contributed by atoms with E-state index in [1.54, 1.807) is 12.1 Å². The minimum atomic E-state index is -0.621. The quantitative estimate of drug-likeness (QED) is 0.894. The Balaban J connectivity index is 2.47. The van der Waals surface area contributed by atoms with E-state index < -0.39 is 11.6 Å². The molecule has 2 nitrogen and oxygen atoms in total. The Kier molecular flexibility index (Phi) is 4.91. The molecule has 0 unspecified atom stereocenters. The summed E-state index contributed by atoms with van der Waals surface area (Å²) in [4.78, 5) is 0. The summed E-state index contributed by atoms with van der Waals surface area (Å²) in [5.74, 6) is -1.07. The molecule has 112 valence electrons. The van der Waals surface area contributed by atoms with Crippen molar-refractivity contribution in [2.75, 3.05) is 7.11 Å². The predicted molar refractivity (Wildman–Crippen MR) is 80.3 cm³/mol. The van der Waals surface area contributed by atoms with Crippen molar-refractivity contribution in [3.8, 4) is 16.9 Å². The van der Waals surface area contributed by atoms with Crippen LogP contribution in [0.5, 0.6) is 5.75 Å². The molecule has 0 saturated carbocycles. The number of benzene rings is 2. The Hall–Kier alpha value is -1.94. The second-order valence-electron chi connectivity index (χ2n) is 5.16. The van der Waals surface area contributed by atoms with Gasteiger partial charge in [-0.2, -0.15) is 0 Å². The zero-order chi connectivity index (χ0) is 15.4. The molecular formula is C17H19F2NO. The van der Waals surface area contributed by atoms with E-state index in [4.69, 9.17) is 4.74 Å². The topological polar surface area (TPSA) is 21.3 Å². The van der Waals surface area contributed by atoms with E-state index in [2.05, 4.69) is 5.32 Å². The summed E-state index contributed by atoms with van der Waals surface area (Å²) < 4.78 is 33.3. The Morgan fingerprint density at radius 2 is 1.71 bits per heavy atom. The van der Waals surface area contributed by atoms with Gasteiger partial charge in [-0.3, -0.25) is 0 Å². The van der Waals surface area contributed by atoms with Gasteiger partial charge in [0.15, 0.2) is 0 Å². The lowest BCUT2D eigenvalue weighted by atomic mass is 9.98. The van der Waals surface area contributed by atoms with Gasteiger partial charge in [-0.15, -0.1) is 0 Å². The third-order valence-electron chi connectivity index (χ3n) is 3.24. The molecule has 0 amide bonds. The lowest BCUT2D eigenvalue weighted by Crippen LogP contribution is -2.22. The van der Waals surface area contributed by atoms with Crippen molar-refractivity contribution in [3.05, 3.63) is 53.6 Å². The number of ether oxygens (including phenoxy) is 1. The van der Waals surface area contributed by atoms with Crippen LogP contribution in [0.1, 0.15) is 19.4 Å². The number of methoxy groups -OCH3 is 1. The molecule has 0 fully saturated rings. The molecule has 1 N–H and O–H groups in total. The van der Waals surface area contributed by atoms with Crippen molar-refractivity contribution in [1.82, 2.24) is 5.32 Å². The Bertz CT molecular complexity index is 603. The first-order chi connectivity index (χ1) is 10.0. The first-order valence-electron chi connectivity index (χ1n) is 6.87. The summed E-state index contributed by atoms with van der Waals surface area (Å²) in [5, 5.41) is 3.26. The number of hydrogen-bond donors (Lipinski definition) is 1. The lowest BCUT2D eigenvalue weighted by molar-refractivity contribution is 0.407. The van der Waals surface area contributed by atoms with E-state index in [1.807, 2.05) is 26.0 Å². The molecule has 0 spiro atoms. The second kappa shape index (κ2) is 6.68. The Morgan fingerprint density at radius 3 is 2.29 bits per heavy atom. The van der Waals surface area contributed by atoms with E-state index in [-0.39, 0.29) is 11.3 Å². The van der Waals surface area contributed by atoms with Crippen LogP contribution in [0.2, 0.25) is 0 Å². The van der Waals surface area contributed by atoms with Crippen LogP contribution in [0.15, 0.2) is 36.4 Å². The van der Waals surface area contributed by atoms with Crippen LogP contribution >= 0.6 is 0 Å². The van der Waals surface area contributed by atoms with Gasteiger partial charge in [-0.05, 0) is 11.1 Å². The first kappa shape index (κ1) is 15.4. The van der Waals surface area contributed by atoms with Gasteiger partial charge < -0.3 is 10.1 Å². The van der Waals surface area contributed by atoms with Gasteiger partial charge in [0, 0.05) is 24.7 Å². The summed E-state index contributed by atoms with van der Waals surface area (Å²) in [5.41, 5.74) is 1.40. The molecule has 0 heterocycles. The molecule has 0 aromatic heterocycles. The smallest absolute Gasteiger partial charge is 0.137 e. The monoisotopic (exact) mass is 291 g/mol. The number of hydrogen-bond acceptors (Lipinski definition) is 2. The van der Waals surface area contributed by atoms with Gasteiger partial charge in [-0.25, -0.2) is 8.78 Å². The van der Waals surface area contributed by atoms with Gasteiger partial charge in [-0.1, -0.05) is 38.1 Å². The fourth-order valence-corrected chi connectivity index (χ4v) is 2.16. The summed E-state index contributed by atoms with van der Waals surface area (Å²) >= 11 is 0. The fourth-order valence-electron chi connectivity index (χ4n) is 2.16. The summed E-state index contributed by atoms with van der Waals surface area (Å²) in [6.45, 7) is 4.60. The van der Waals surface area contributed by atoms with Crippen molar-refractivity contribution >= 4 is 0 Å². The molecule has 0 radical (unpaired) electrons. The molecule has 0 aliphatic carbocycles. The molecule has 2 rings (SSSR count). The van der Waals surface area contributed by atoms with Crippen LogP contribution in [-0.2, 0) is 6.54 Å². The summed E-state index contributed by atoms with van der Waals surface area (Å²) in [7, 11) is 1.38. The molecule has 2 aromatic carbocycles. The van der Waals surface area contributed by atoms with Gasteiger partial charge in [0.2, 0.25) is 0 Å². The Labute approximate surface area is 123 Å². The van der Waals surface area contributed by atoms with E-state index in [9.17, 15) is 8.78 Å². The van der Waals surface area contributed by atoms with Gasteiger partial charge in [0.05, 0.1) is 12.7 Å². The van der Waals surface area contributed by atoms with Crippen molar-refractivity contribution in [3.63, 3.8) is 0 Å². The third kappa shape index (κ3) is 3.58. The average molecular weight is 291 g/mol. The van der Waals surface area contributed by atoms with Crippen LogP contribution in [0.3, 0.4) is 0 Å². The summed E-state index contributed by atoms with van der Waals surface area (Å²) in [6, 6.07) is 9.93. The van der Waals surface area contributed by atoms with Crippen molar-refractivity contribution in [2.24, 2.45) is 0 Å². The van der Waals surface area contributed by atoms with E-state index >= 15 is 0 Å². The van der Waals surface area contributed by atoms with Crippen LogP contribution in [0.4, 0.5) is 8.78 Å². The molecule has 0 bridgehead atoms. The molecular weight excluding hydrogens is 272 g/mol. The normalized spacial score (nSPS) is 11.0. The standard InChI is InChI=1S/C17H19F2NO/c1-11(2)20-10-12-6-4-5-7-14(12)17-15(18)8-13(21-3)9-16(17)19/h4-9,11,20H,10H2,1-3H3. The molecule has 21 heavy (non-hydrogen) atoms. The highest BCUT2D eigenvalue weighted by Gasteiger charge is 2.16. The highest BCUT2D eigenvalue weighted by atomic mass is 19.1. The predicted octanol–water partition coefficient (Wildman–Crippen LogP) is 4.14. The minimum Gasteiger partial charge on any atom is -0.497 e. The lowest BCUT2D eigenvalue weighted by Gasteiger charge is -2.14. The van der Waals surface area contributed by atoms with E-state index in [1.165, 1.54) is 19.2 Å². The van der Waals surface area contributed by atoms with Crippen LogP contribution in [0.25, 0.3) is 11.1 Å². The van der Waals surface area contributed by atoms with Crippen molar-refractivity contribution < 1.29 is 13.5 Å². The molecule has 0 aliphatic heterocycles. The molecule has 0 atom stereocenters. The first-order valence-corrected chi connectivity index (χ1v) is 6.87. The summed E-state index contributed by atoms with van der Waals surface area (Å²) in [6.07, 6.45) is 0. The number of nitrogens with one attached hydrogen (secondary N) is 1. The number of halogens is 2. The zero-order valence-electron chi connectivity index (χ0n) is 12.4. The average Bonchev–Trinajstić information content (AvgIpc) is 2.45. The fraction of sp³-hybridized carbons (Fsp3) is 0.294. The van der Waals surface area contributed by atoms with Gasteiger partial charge in [0.1, 0.15) is 17.4 Å². The largest absolute Gasteiger partial charge is 0.497 e. The minimum absolute atomic E-state index is 0.0167.